The fraction of sp³-hybridized carbons (Fsp3) is 0.296. The van der Waals surface area contributed by atoms with Crippen LogP contribution in [0.4, 0.5) is 0 Å². The third-order valence-electron chi connectivity index (χ3n) is 5.97. The van der Waals surface area contributed by atoms with E-state index < -0.39 is 0 Å². The second kappa shape index (κ2) is 9.92. The quantitative estimate of drug-likeness (QED) is 0.258. The molecule has 7 nitrogen and oxygen atoms in total. The summed E-state index contributed by atoms with van der Waals surface area (Å²) in [4.78, 5) is 18.1. The van der Waals surface area contributed by atoms with Crippen molar-refractivity contribution < 1.29 is 13.9 Å². The number of fused-ring (bicyclic) bond motifs is 2. The average Bonchev–Trinajstić information content (AvgIpc) is 3.52. The van der Waals surface area contributed by atoms with Gasteiger partial charge in [-0.3, -0.25) is 4.79 Å². The molecular weight excluding hydrogens is 462 g/mol. The zero-order valence-corrected chi connectivity index (χ0v) is 20.9. The van der Waals surface area contributed by atoms with Crippen molar-refractivity contribution in [2.24, 2.45) is 0 Å². The Bertz CT molecular complexity index is 1600. The van der Waals surface area contributed by atoms with Crippen LogP contribution in [0.3, 0.4) is 0 Å². The van der Waals surface area contributed by atoms with E-state index in [4.69, 9.17) is 13.9 Å². The summed E-state index contributed by atoms with van der Waals surface area (Å²) in [5.74, 6) is 2.35. The van der Waals surface area contributed by atoms with Crippen molar-refractivity contribution in [3.8, 4) is 23.1 Å². The third-order valence-corrected chi connectivity index (χ3v) is 6.93. The number of ether oxygens (including phenoxy) is 2. The van der Waals surface area contributed by atoms with Crippen molar-refractivity contribution in [3.63, 3.8) is 0 Å². The SMILES string of the molecule is CCCCCCOc1ccc(/C=c2/sc3nc(-c4oc5ccccc5c4C)nn3c2=O)cc1OC. The number of aromatic nitrogens is 3. The minimum atomic E-state index is -0.215. The number of nitrogens with zero attached hydrogens (tertiary/aromatic N) is 3. The highest BCUT2D eigenvalue weighted by Gasteiger charge is 2.19. The average molecular weight is 490 g/mol. The number of hydrogen-bond donors (Lipinski definition) is 0. The number of hydrogen-bond acceptors (Lipinski definition) is 7. The van der Waals surface area contributed by atoms with E-state index in [9.17, 15) is 4.79 Å². The fourth-order valence-corrected chi connectivity index (χ4v) is 4.98. The van der Waals surface area contributed by atoms with Crippen molar-refractivity contribution in [1.82, 2.24) is 14.6 Å². The largest absolute Gasteiger partial charge is 0.493 e. The second-order valence-corrected chi connectivity index (χ2v) is 9.43. The molecule has 0 atom stereocenters. The Labute approximate surface area is 206 Å². The minimum absolute atomic E-state index is 0.215. The van der Waals surface area contributed by atoms with Crippen LogP contribution < -0.4 is 19.6 Å². The first-order chi connectivity index (χ1) is 17.1. The third kappa shape index (κ3) is 4.53. The molecule has 0 N–H and O–H groups in total. The lowest BCUT2D eigenvalue weighted by Gasteiger charge is -2.11. The lowest BCUT2D eigenvalue weighted by molar-refractivity contribution is 0.285. The van der Waals surface area contributed by atoms with Crippen molar-refractivity contribution in [2.75, 3.05) is 13.7 Å². The van der Waals surface area contributed by atoms with Crippen LogP contribution in [0.5, 0.6) is 11.5 Å². The maximum absolute atomic E-state index is 13.0. The van der Waals surface area contributed by atoms with Crippen molar-refractivity contribution in [3.05, 3.63) is 68.5 Å². The highest BCUT2D eigenvalue weighted by Crippen LogP contribution is 2.31. The fourth-order valence-electron chi connectivity index (χ4n) is 4.07. The van der Waals surface area contributed by atoms with Gasteiger partial charge in [0, 0.05) is 10.9 Å². The van der Waals surface area contributed by atoms with E-state index in [0.717, 1.165) is 34.9 Å². The summed E-state index contributed by atoms with van der Waals surface area (Å²) < 4.78 is 19.3. The molecule has 0 saturated heterocycles. The van der Waals surface area contributed by atoms with Gasteiger partial charge in [-0.1, -0.05) is 61.8 Å². The van der Waals surface area contributed by atoms with Crippen LogP contribution in [0.15, 0.2) is 51.7 Å². The van der Waals surface area contributed by atoms with E-state index >= 15 is 0 Å². The molecule has 0 fully saturated rings. The Kier molecular flexibility index (Phi) is 6.55. The molecule has 5 rings (SSSR count). The Morgan fingerprint density at radius 3 is 2.74 bits per heavy atom. The summed E-state index contributed by atoms with van der Waals surface area (Å²) in [5, 5.41) is 5.46. The monoisotopic (exact) mass is 489 g/mol. The van der Waals surface area contributed by atoms with E-state index in [1.54, 1.807) is 7.11 Å². The highest BCUT2D eigenvalue weighted by atomic mass is 32.1. The number of rotatable bonds is 9. The first kappa shape index (κ1) is 23.1. The van der Waals surface area contributed by atoms with Gasteiger partial charge in [0.2, 0.25) is 10.8 Å². The Hall–Kier alpha value is -3.65. The van der Waals surface area contributed by atoms with Crippen LogP contribution >= 0.6 is 11.3 Å². The van der Waals surface area contributed by atoms with Gasteiger partial charge in [0.15, 0.2) is 17.3 Å². The predicted octanol–water partition coefficient (Wildman–Crippen LogP) is 5.39. The lowest BCUT2D eigenvalue weighted by atomic mass is 10.1. The number of furan rings is 1. The molecule has 3 heterocycles. The molecule has 35 heavy (non-hydrogen) atoms. The highest BCUT2D eigenvalue weighted by molar-refractivity contribution is 7.15. The van der Waals surface area contributed by atoms with Gasteiger partial charge in [0.25, 0.3) is 5.56 Å². The van der Waals surface area contributed by atoms with Crippen LogP contribution in [-0.4, -0.2) is 28.3 Å². The van der Waals surface area contributed by atoms with Gasteiger partial charge in [-0.15, -0.1) is 5.10 Å². The molecule has 0 aliphatic rings. The maximum atomic E-state index is 13.0. The van der Waals surface area contributed by atoms with Gasteiger partial charge >= 0.3 is 0 Å². The minimum Gasteiger partial charge on any atom is -0.493 e. The van der Waals surface area contributed by atoms with Crippen molar-refractivity contribution in [2.45, 2.75) is 39.5 Å². The molecule has 8 heteroatoms. The molecule has 5 aromatic rings. The van der Waals surface area contributed by atoms with E-state index in [2.05, 4.69) is 17.0 Å². The topological polar surface area (TPSA) is 78.9 Å². The first-order valence-corrected chi connectivity index (χ1v) is 12.6. The second-order valence-electron chi connectivity index (χ2n) is 8.42. The normalized spacial score (nSPS) is 12.1. The molecule has 0 aliphatic carbocycles. The molecular formula is C27H27N3O4S. The molecule has 0 spiro atoms. The van der Waals surface area contributed by atoms with Crippen molar-refractivity contribution >= 4 is 33.3 Å². The van der Waals surface area contributed by atoms with E-state index in [1.807, 2.05) is 55.5 Å². The summed E-state index contributed by atoms with van der Waals surface area (Å²) in [6.45, 7) is 4.82. The molecule has 2 aromatic carbocycles. The smallest absolute Gasteiger partial charge is 0.291 e. The van der Waals surface area contributed by atoms with Gasteiger partial charge in [-0.2, -0.15) is 9.50 Å². The first-order valence-electron chi connectivity index (χ1n) is 11.8. The van der Waals surface area contributed by atoms with Crippen LogP contribution in [-0.2, 0) is 0 Å². The molecule has 0 unspecified atom stereocenters. The number of para-hydroxylation sites is 1. The predicted molar refractivity (Wildman–Crippen MR) is 138 cm³/mol. The molecule has 0 amide bonds. The summed E-state index contributed by atoms with van der Waals surface area (Å²) in [6.07, 6.45) is 6.40. The van der Waals surface area contributed by atoms with E-state index in [1.165, 1.54) is 28.7 Å². The molecule has 0 bridgehead atoms. The standard InChI is InChI=1S/C27H27N3O4S/c1-4-5-6-9-14-33-21-13-12-18(15-22(21)32-3)16-23-26(31)30-27(35-23)28-25(29-30)24-17(2)19-10-7-8-11-20(19)34-24/h7-8,10-13,15-16H,4-6,9,14H2,1-3H3/b23-16+. The van der Waals surface area contributed by atoms with Crippen molar-refractivity contribution in [1.29, 1.82) is 0 Å². The zero-order chi connectivity index (χ0) is 24.4. The number of thiazole rings is 1. The van der Waals surface area contributed by atoms with E-state index in [-0.39, 0.29) is 5.56 Å². The Balaban J connectivity index is 1.42. The number of aryl methyl sites for hydroxylation is 1. The summed E-state index contributed by atoms with van der Waals surface area (Å²) in [6, 6.07) is 13.5. The van der Waals surface area contributed by atoms with Gasteiger partial charge in [0.1, 0.15) is 5.58 Å². The van der Waals surface area contributed by atoms with Crippen LogP contribution in [0.25, 0.3) is 33.6 Å². The molecule has 0 saturated carbocycles. The van der Waals surface area contributed by atoms with E-state index in [0.29, 0.717) is 39.2 Å². The maximum Gasteiger partial charge on any atom is 0.291 e. The van der Waals surface area contributed by atoms with Crippen LogP contribution in [0, 0.1) is 6.92 Å². The number of unbranched alkanes of at least 4 members (excludes halogenated alkanes) is 3. The molecule has 0 radical (unpaired) electrons. The molecule has 3 aromatic heterocycles. The summed E-state index contributed by atoms with van der Waals surface area (Å²) in [5.41, 5.74) is 2.36. The Morgan fingerprint density at radius 2 is 1.97 bits per heavy atom. The van der Waals surface area contributed by atoms with Crippen LogP contribution in [0.2, 0.25) is 0 Å². The zero-order valence-electron chi connectivity index (χ0n) is 20.0. The van der Waals surface area contributed by atoms with Gasteiger partial charge in [-0.05, 0) is 43.2 Å². The summed E-state index contributed by atoms with van der Waals surface area (Å²) >= 11 is 1.29. The Morgan fingerprint density at radius 1 is 1.11 bits per heavy atom. The van der Waals surface area contributed by atoms with Crippen LogP contribution in [0.1, 0.15) is 43.7 Å². The van der Waals surface area contributed by atoms with Gasteiger partial charge in [-0.25, -0.2) is 0 Å². The number of benzene rings is 2. The summed E-state index contributed by atoms with van der Waals surface area (Å²) in [7, 11) is 1.62. The lowest BCUT2D eigenvalue weighted by Crippen LogP contribution is -2.23. The number of methoxy groups -OCH3 is 1. The van der Waals surface area contributed by atoms with Gasteiger partial charge < -0.3 is 13.9 Å². The van der Waals surface area contributed by atoms with Gasteiger partial charge in [0.05, 0.1) is 18.2 Å². The molecule has 180 valence electrons. The molecule has 0 aliphatic heterocycles.